The summed E-state index contributed by atoms with van der Waals surface area (Å²) in [6.07, 6.45) is 8.81. The number of carbonyl (C=O) groups is 2. The van der Waals surface area contributed by atoms with Gasteiger partial charge >= 0.3 is 0 Å². The van der Waals surface area contributed by atoms with E-state index in [0.29, 0.717) is 19.0 Å². The van der Waals surface area contributed by atoms with E-state index >= 15 is 0 Å². The van der Waals surface area contributed by atoms with Gasteiger partial charge in [-0.3, -0.25) is 19.2 Å². The third-order valence-corrected chi connectivity index (χ3v) is 5.02. The molecule has 3 heterocycles. The molecule has 2 N–H and O–H groups in total. The van der Waals surface area contributed by atoms with Crippen LogP contribution < -0.4 is 10.6 Å². The van der Waals surface area contributed by atoms with Crippen LogP contribution in [0.1, 0.15) is 43.6 Å². The highest BCUT2D eigenvalue weighted by molar-refractivity contribution is 5.88. The van der Waals surface area contributed by atoms with Crippen molar-refractivity contribution in [2.45, 2.75) is 44.1 Å². The number of aromatic nitrogens is 2. The molecule has 1 atom stereocenters. The standard InChI is InChI=1S/C17H27N5O2/c1-21-11-14(10-19-21)13-5-8-22(9-6-13)12-16(23)20-15-4-2-3-7-18-17(15)24/h10-11,13,15H,2-9,12H2,1H3,(H,18,24)(H,20,23)/t15-/m0/s1. The Bertz CT molecular complexity index is 577. The number of carbonyl (C=O) groups excluding carboxylic acids is 2. The van der Waals surface area contributed by atoms with Crippen molar-refractivity contribution in [3.8, 4) is 0 Å². The molecule has 2 aliphatic rings. The molecule has 0 aromatic carbocycles. The number of aryl methyl sites for hydroxylation is 1. The highest BCUT2D eigenvalue weighted by Gasteiger charge is 2.26. The van der Waals surface area contributed by atoms with Gasteiger partial charge in [-0.25, -0.2) is 0 Å². The summed E-state index contributed by atoms with van der Waals surface area (Å²) in [5.74, 6) is 0.443. The van der Waals surface area contributed by atoms with Crippen LogP contribution in [0.15, 0.2) is 12.4 Å². The molecule has 132 valence electrons. The fraction of sp³-hybridized carbons (Fsp3) is 0.706. The number of nitrogens with one attached hydrogen (secondary N) is 2. The van der Waals surface area contributed by atoms with Gasteiger partial charge in [0.05, 0.1) is 12.7 Å². The van der Waals surface area contributed by atoms with E-state index in [1.165, 1.54) is 5.56 Å². The van der Waals surface area contributed by atoms with Gasteiger partial charge in [0.15, 0.2) is 0 Å². The molecule has 2 fully saturated rings. The summed E-state index contributed by atoms with van der Waals surface area (Å²) in [6.45, 7) is 2.91. The van der Waals surface area contributed by atoms with E-state index in [1.54, 1.807) is 0 Å². The van der Waals surface area contributed by atoms with Crippen LogP contribution >= 0.6 is 0 Å². The lowest BCUT2D eigenvalue weighted by atomic mass is 9.91. The minimum absolute atomic E-state index is 0.0446. The Labute approximate surface area is 142 Å². The Hall–Kier alpha value is -1.89. The molecule has 1 aromatic heterocycles. The number of likely N-dealkylation sites (tertiary alicyclic amines) is 1. The summed E-state index contributed by atoms with van der Waals surface area (Å²) in [4.78, 5) is 26.3. The molecule has 0 bridgehead atoms. The largest absolute Gasteiger partial charge is 0.354 e. The highest BCUT2D eigenvalue weighted by atomic mass is 16.2. The molecular formula is C17H27N5O2. The minimum Gasteiger partial charge on any atom is -0.354 e. The van der Waals surface area contributed by atoms with Gasteiger partial charge in [0.2, 0.25) is 11.8 Å². The van der Waals surface area contributed by atoms with E-state index in [2.05, 4.69) is 26.8 Å². The summed E-state index contributed by atoms with van der Waals surface area (Å²) in [7, 11) is 1.94. The van der Waals surface area contributed by atoms with E-state index in [-0.39, 0.29) is 17.9 Å². The second kappa shape index (κ2) is 7.79. The zero-order chi connectivity index (χ0) is 16.9. The monoisotopic (exact) mass is 333 g/mol. The van der Waals surface area contributed by atoms with E-state index in [4.69, 9.17) is 0 Å². The first-order valence-corrected chi connectivity index (χ1v) is 8.90. The Morgan fingerprint density at radius 3 is 2.83 bits per heavy atom. The maximum atomic E-state index is 12.2. The summed E-state index contributed by atoms with van der Waals surface area (Å²) in [5.41, 5.74) is 1.29. The molecule has 7 heteroatoms. The molecule has 3 rings (SSSR count). The number of hydrogen-bond donors (Lipinski definition) is 2. The molecule has 24 heavy (non-hydrogen) atoms. The van der Waals surface area contributed by atoms with Gasteiger partial charge < -0.3 is 10.6 Å². The second-order valence-corrected chi connectivity index (χ2v) is 6.90. The molecule has 0 saturated carbocycles. The topological polar surface area (TPSA) is 79.3 Å². The van der Waals surface area contributed by atoms with Gasteiger partial charge in [0, 0.05) is 19.8 Å². The smallest absolute Gasteiger partial charge is 0.242 e. The van der Waals surface area contributed by atoms with Gasteiger partial charge in [-0.15, -0.1) is 0 Å². The molecule has 2 aliphatic heterocycles. The molecular weight excluding hydrogens is 306 g/mol. The van der Waals surface area contributed by atoms with Gasteiger partial charge in [0.1, 0.15) is 6.04 Å². The van der Waals surface area contributed by atoms with E-state index < -0.39 is 0 Å². The molecule has 7 nitrogen and oxygen atoms in total. The number of hydrogen-bond acceptors (Lipinski definition) is 4. The molecule has 2 saturated heterocycles. The van der Waals surface area contributed by atoms with Crippen LogP contribution in [0.4, 0.5) is 0 Å². The van der Waals surface area contributed by atoms with Gasteiger partial charge in [-0.2, -0.15) is 5.10 Å². The molecule has 0 spiro atoms. The predicted molar refractivity (Wildman–Crippen MR) is 90.4 cm³/mol. The van der Waals surface area contributed by atoms with E-state index in [1.807, 2.05) is 17.9 Å². The first kappa shape index (κ1) is 17.0. The average Bonchev–Trinajstić information content (AvgIpc) is 2.90. The van der Waals surface area contributed by atoms with Gasteiger partial charge in [-0.1, -0.05) is 0 Å². The van der Waals surface area contributed by atoms with Crippen LogP contribution in [0.25, 0.3) is 0 Å². The van der Waals surface area contributed by atoms with Crippen LogP contribution in [0, 0.1) is 0 Å². The summed E-state index contributed by atoms with van der Waals surface area (Å²) in [6, 6.07) is -0.368. The molecule has 0 radical (unpaired) electrons. The van der Waals surface area contributed by atoms with E-state index in [0.717, 1.165) is 45.2 Å². The summed E-state index contributed by atoms with van der Waals surface area (Å²) in [5, 5.41) is 9.99. The van der Waals surface area contributed by atoms with Crippen LogP contribution in [0.3, 0.4) is 0 Å². The second-order valence-electron chi connectivity index (χ2n) is 6.90. The van der Waals surface area contributed by atoms with Crippen molar-refractivity contribution in [2.75, 3.05) is 26.2 Å². The lowest BCUT2D eigenvalue weighted by Crippen LogP contribution is -2.49. The van der Waals surface area contributed by atoms with Crippen molar-refractivity contribution in [3.05, 3.63) is 18.0 Å². The van der Waals surface area contributed by atoms with Crippen LogP contribution in [0.5, 0.6) is 0 Å². The quantitative estimate of drug-likeness (QED) is 0.835. The maximum absolute atomic E-state index is 12.2. The van der Waals surface area contributed by atoms with Crippen molar-refractivity contribution in [1.82, 2.24) is 25.3 Å². The van der Waals surface area contributed by atoms with Crippen molar-refractivity contribution in [2.24, 2.45) is 7.05 Å². The Kier molecular flexibility index (Phi) is 5.50. The molecule has 0 aliphatic carbocycles. The Morgan fingerprint density at radius 2 is 2.12 bits per heavy atom. The first-order chi connectivity index (χ1) is 11.6. The predicted octanol–water partition coefficient (Wildman–Crippen LogP) is 0.384. The zero-order valence-corrected chi connectivity index (χ0v) is 14.3. The maximum Gasteiger partial charge on any atom is 0.242 e. The zero-order valence-electron chi connectivity index (χ0n) is 14.3. The van der Waals surface area contributed by atoms with Crippen molar-refractivity contribution < 1.29 is 9.59 Å². The average molecular weight is 333 g/mol. The van der Waals surface area contributed by atoms with Crippen molar-refractivity contribution in [3.63, 3.8) is 0 Å². The van der Waals surface area contributed by atoms with Crippen molar-refractivity contribution in [1.29, 1.82) is 0 Å². The minimum atomic E-state index is -0.368. The van der Waals surface area contributed by atoms with Crippen molar-refractivity contribution >= 4 is 11.8 Å². The van der Waals surface area contributed by atoms with Crippen LogP contribution in [-0.4, -0.2) is 58.7 Å². The number of nitrogens with zero attached hydrogens (tertiary/aromatic N) is 3. The molecule has 2 amide bonds. The lowest BCUT2D eigenvalue weighted by Gasteiger charge is -2.31. The molecule has 1 aromatic rings. The van der Waals surface area contributed by atoms with Crippen LogP contribution in [-0.2, 0) is 16.6 Å². The normalized spacial score (nSPS) is 23.5. The third kappa shape index (κ3) is 4.35. The first-order valence-electron chi connectivity index (χ1n) is 8.90. The number of piperidine rings is 1. The Balaban J connectivity index is 1.43. The van der Waals surface area contributed by atoms with E-state index in [9.17, 15) is 9.59 Å². The van der Waals surface area contributed by atoms with Gasteiger partial charge in [0.25, 0.3) is 0 Å². The third-order valence-electron chi connectivity index (χ3n) is 5.02. The highest BCUT2D eigenvalue weighted by Crippen LogP contribution is 2.27. The van der Waals surface area contributed by atoms with Gasteiger partial charge in [-0.05, 0) is 56.7 Å². The fourth-order valence-electron chi connectivity index (χ4n) is 3.60. The Morgan fingerprint density at radius 1 is 1.33 bits per heavy atom. The fourth-order valence-corrected chi connectivity index (χ4v) is 3.60. The number of rotatable bonds is 4. The summed E-state index contributed by atoms with van der Waals surface area (Å²) < 4.78 is 1.84. The SMILES string of the molecule is Cn1cc(C2CCN(CC(=O)N[C@H]3CCCCNC3=O)CC2)cn1. The number of amides is 2. The molecule has 0 unspecified atom stereocenters. The lowest BCUT2D eigenvalue weighted by molar-refractivity contribution is -0.129. The van der Waals surface area contributed by atoms with Crippen LogP contribution in [0.2, 0.25) is 0 Å². The summed E-state index contributed by atoms with van der Waals surface area (Å²) >= 11 is 0.